The maximum atomic E-state index is 13.3. The van der Waals surface area contributed by atoms with Crippen LogP contribution in [0.15, 0.2) is 11.1 Å². The first-order chi connectivity index (χ1) is 8.18. The zero-order valence-corrected chi connectivity index (χ0v) is 9.65. The molecule has 0 bridgehead atoms. The van der Waals surface area contributed by atoms with Gasteiger partial charge in [-0.3, -0.25) is 0 Å². The van der Waals surface area contributed by atoms with Crippen molar-refractivity contribution in [2.45, 2.75) is 35.5 Å². The van der Waals surface area contributed by atoms with Crippen molar-refractivity contribution in [2.75, 3.05) is 0 Å². The summed E-state index contributed by atoms with van der Waals surface area (Å²) < 4.78 is 73.9. The van der Waals surface area contributed by atoms with E-state index in [0.29, 0.717) is 0 Å². The molecule has 0 saturated carbocycles. The Balaban J connectivity index is 2.60. The van der Waals surface area contributed by atoms with Crippen LogP contribution in [0, 0.1) is 0 Å². The topological polar surface area (TPSA) is 70.2 Å². The second-order valence-corrected chi connectivity index (χ2v) is 5.90. The molecule has 1 unspecified atom stereocenters. The summed E-state index contributed by atoms with van der Waals surface area (Å²) in [4.78, 5) is 1.39. The molecule has 4 nitrogen and oxygen atoms in total. The fourth-order valence-electron chi connectivity index (χ4n) is 1.93. The zero-order valence-electron chi connectivity index (χ0n) is 8.83. The van der Waals surface area contributed by atoms with Gasteiger partial charge in [0.05, 0.1) is 4.90 Å². The molecule has 0 aliphatic heterocycles. The highest BCUT2D eigenvalue weighted by atomic mass is 32.2. The summed E-state index contributed by atoms with van der Waals surface area (Å²) in [5, 5.41) is 9.42. The molecular weight excluding hydrogens is 278 g/mol. The minimum atomic E-state index is -5.02. The largest absolute Gasteiger partial charge is 0.382 e. The molecule has 1 aliphatic rings. The molecule has 2 N–H and O–H groups in total. The quantitative estimate of drug-likeness (QED) is 0.812. The molecule has 0 fully saturated rings. The Morgan fingerprint density at radius 2 is 2.06 bits per heavy atom. The molecule has 0 spiro atoms. The van der Waals surface area contributed by atoms with Crippen LogP contribution in [0.3, 0.4) is 0 Å². The minimum Gasteiger partial charge on any atom is -0.382 e. The Hall–Kier alpha value is -1.09. The van der Waals surface area contributed by atoms with Crippen molar-refractivity contribution in [3.63, 3.8) is 0 Å². The smallest absolute Gasteiger partial charge is 0.341 e. The molecule has 2 rings (SSSR count). The highest BCUT2D eigenvalue weighted by molar-refractivity contribution is 7.91. The van der Waals surface area contributed by atoms with Crippen LogP contribution >= 0.6 is 0 Å². The number of aryl methyl sites for hydroxylation is 1. The predicted octanol–water partition coefficient (Wildman–Crippen LogP) is 1.63. The van der Waals surface area contributed by atoms with Gasteiger partial charge in [-0.25, -0.2) is 17.2 Å². The number of aliphatic hydroxyl groups is 1. The van der Waals surface area contributed by atoms with Crippen LogP contribution in [0.5, 0.6) is 0 Å². The number of halogens is 4. The second-order valence-electron chi connectivity index (χ2n) is 4.01. The molecule has 9 heteroatoms. The monoisotopic (exact) mass is 287 g/mol. The zero-order chi connectivity index (χ0) is 13.7. The fourth-order valence-corrected chi connectivity index (χ4v) is 2.89. The molecule has 0 aromatic carbocycles. The summed E-state index contributed by atoms with van der Waals surface area (Å²) in [6.45, 7) is 0. The Labute approximate surface area is 99.5 Å². The summed E-state index contributed by atoms with van der Waals surface area (Å²) in [5.41, 5.74) is -0.598. The number of H-pyrrole nitrogens is 1. The molecule has 18 heavy (non-hydrogen) atoms. The first-order valence-electron chi connectivity index (χ1n) is 4.96. The number of fused-ring (bicyclic) bond motifs is 1. The van der Waals surface area contributed by atoms with E-state index in [2.05, 4.69) is 4.98 Å². The average molecular weight is 287 g/mol. The maximum absolute atomic E-state index is 13.3. The highest BCUT2D eigenvalue weighted by Gasteiger charge is 2.47. The van der Waals surface area contributed by atoms with Crippen LogP contribution in [0.4, 0.5) is 17.6 Å². The van der Waals surface area contributed by atoms with E-state index in [0.717, 1.165) is 6.20 Å². The van der Waals surface area contributed by atoms with Crippen molar-refractivity contribution in [2.24, 2.45) is 0 Å². The average Bonchev–Trinajstić information content (AvgIpc) is 2.68. The molecule has 1 aliphatic carbocycles. The van der Waals surface area contributed by atoms with Gasteiger partial charge < -0.3 is 10.1 Å². The van der Waals surface area contributed by atoms with Crippen molar-refractivity contribution in [1.29, 1.82) is 0 Å². The van der Waals surface area contributed by atoms with Gasteiger partial charge in [-0.05, 0) is 6.42 Å². The Morgan fingerprint density at radius 3 is 2.61 bits per heavy atom. The lowest BCUT2D eigenvalue weighted by Crippen LogP contribution is -2.32. The van der Waals surface area contributed by atoms with Gasteiger partial charge in [-0.2, -0.15) is 8.78 Å². The number of nitrogens with one attached hydrogen (secondary N) is 1. The van der Waals surface area contributed by atoms with Crippen molar-refractivity contribution in [3.05, 3.63) is 17.5 Å². The van der Waals surface area contributed by atoms with Crippen molar-refractivity contribution >= 4 is 9.84 Å². The third kappa shape index (κ3) is 1.81. The standard InChI is InChI=1S/C9H9F4NO3S/c10-8(11)18(16,17)5-3-14-4-1-2-9(12,13)7(15)6(4)5/h3,7-8,14-15H,1-2H2. The van der Waals surface area contributed by atoms with Crippen LogP contribution in [-0.4, -0.2) is 30.2 Å². The number of hydrogen-bond acceptors (Lipinski definition) is 3. The number of rotatable bonds is 2. The first kappa shape index (κ1) is 13.3. The normalized spacial score (nSPS) is 23.1. The lowest BCUT2D eigenvalue weighted by Gasteiger charge is -2.28. The van der Waals surface area contributed by atoms with E-state index >= 15 is 0 Å². The lowest BCUT2D eigenvalue weighted by atomic mass is 9.92. The summed E-state index contributed by atoms with van der Waals surface area (Å²) in [6, 6.07) is 0. The Bertz CT molecular complexity index is 566. The number of alkyl halides is 4. The van der Waals surface area contributed by atoms with Gasteiger partial charge in [-0.1, -0.05) is 0 Å². The molecule has 1 heterocycles. The van der Waals surface area contributed by atoms with E-state index in [1.165, 1.54) is 0 Å². The molecule has 1 aromatic heterocycles. The van der Waals surface area contributed by atoms with Gasteiger partial charge in [0, 0.05) is 23.9 Å². The highest BCUT2D eigenvalue weighted by Crippen LogP contribution is 2.44. The van der Waals surface area contributed by atoms with E-state index in [1.807, 2.05) is 0 Å². The van der Waals surface area contributed by atoms with Gasteiger partial charge in [0.15, 0.2) is 0 Å². The van der Waals surface area contributed by atoms with Crippen LogP contribution < -0.4 is 0 Å². The van der Waals surface area contributed by atoms with Crippen molar-refractivity contribution < 1.29 is 31.1 Å². The van der Waals surface area contributed by atoms with E-state index in [9.17, 15) is 31.1 Å². The molecular formula is C9H9F4NO3S. The third-order valence-electron chi connectivity index (χ3n) is 2.89. The lowest BCUT2D eigenvalue weighted by molar-refractivity contribution is -0.122. The Kier molecular flexibility index (Phi) is 2.93. The minimum absolute atomic E-state index is 0.0488. The number of hydrogen-bond donors (Lipinski definition) is 2. The summed E-state index contributed by atoms with van der Waals surface area (Å²) >= 11 is 0. The molecule has 1 atom stereocenters. The molecule has 102 valence electrons. The summed E-state index contributed by atoms with van der Waals surface area (Å²) in [6.07, 6.45) is -2.55. The van der Waals surface area contributed by atoms with Gasteiger partial charge in [0.1, 0.15) is 6.10 Å². The van der Waals surface area contributed by atoms with Gasteiger partial charge in [-0.15, -0.1) is 0 Å². The Morgan fingerprint density at radius 1 is 1.44 bits per heavy atom. The van der Waals surface area contributed by atoms with Crippen molar-refractivity contribution in [3.8, 4) is 0 Å². The molecule has 0 saturated heterocycles. The number of aromatic nitrogens is 1. The van der Waals surface area contributed by atoms with Crippen LogP contribution in [0.2, 0.25) is 0 Å². The summed E-state index contributed by atoms with van der Waals surface area (Å²) in [7, 11) is -5.02. The van der Waals surface area contributed by atoms with E-state index in [1.54, 1.807) is 0 Å². The SMILES string of the molecule is O=S(=O)(c1c[nH]c2c1C(O)C(F)(F)CC2)C(F)F. The summed E-state index contributed by atoms with van der Waals surface area (Å²) in [5.74, 6) is -7.25. The van der Waals surface area contributed by atoms with E-state index in [-0.39, 0.29) is 12.1 Å². The molecule has 1 aromatic rings. The van der Waals surface area contributed by atoms with Gasteiger partial charge in [0.25, 0.3) is 5.92 Å². The number of aliphatic hydroxyl groups excluding tert-OH is 1. The fraction of sp³-hybridized carbons (Fsp3) is 0.556. The third-order valence-corrected chi connectivity index (χ3v) is 4.31. The number of aromatic amines is 1. The predicted molar refractivity (Wildman–Crippen MR) is 52.2 cm³/mol. The van der Waals surface area contributed by atoms with E-state index in [4.69, 9.17) is 0 Å². The van der Waals surface area contributed by atoms with E-state index < -0.39 is 44.5 Å². The van der Waals surface area contributed by atoms with Crippen molar-refractivity contribution in [1.82, 2.24) is 4.98 Å². The second kappa shape index (κ2) is 3.95. The number of sulfone groups is 1. The van der Waals surface area contributed by atoms with Crippen LogP contribution in [-0.2, 0) is 16.3 Å². The van der Waals surface area contributed by atoms with Crippen LogP contribution in [0.25, 0.3) is 0 Å². The maximum Gasteiger partial charge on any atom is 0.341 e. The molecule has 0 radical (unpaired) electrons. The van der Waals surface area contributed by atoms with Crippen LogP contribution in [0.1, 0.15) is 23.8 Å². The first-order valence-corrected chi connectivity index (χ1v) is 6.50. The van der Waals surface area contributed by atoms with Gasteiger partial charge >= 0.3 is 5.76 Å². The molecule has 0 amide bonds. The van der Waals surface area contributed by atoms with Gasteiger partial charge in [0.2, 0.25) is 9.84 Å².